The van der Waals surface area contributed by atoms with Gasteiger partial charge in [0.05, 0.1) is 30.3 Å². The van der Waals surface area contributed by atoms with E-state index in [9.17, 15) is 22.8 Å². The first kappa shape index (κ1) is 27.4. The summed E-state index contributed by atoms with van der Waals surface area (Å²) < 4.78 is 53.7. The first-order valence-electron chi connectivity index (χ1n) is 12.4. The van der Waals surface area contributed by atoms with Crippen LogP contribution >= 0.6 is 11.3 Å². The number of ether oxygens (including phenoxy) is 2. The summed E-state index contributed by atoms with van der Waals surface area (Å²) in [5, 5.41) is 0. The number of hydrogen-bond donors (Lipinski definition) is 0. The van der Waals surface area contributed by atoms with Gasteiger partial charge < -0.3 is 18.9 Å². The number of rotatable bonds is 7. The molecule has 11 heteroatoms. The van der Waals surface area contributed by atoms with Crippen molar-refractivity contribution in [2.45, 2.75) is 70.7 Å². The van der Waals surface area contributed by atoms with Gasteiger partial charge in [-0.05, 0) is 42.9 Å². The van der Waals surface area contributed by atoms with Gasteiger partial charge in [0.2, 0.25) is 5.91 Å². The quantitative estimate of drug-likeness (QED) is 0.507. The van der Waals surface area contributed by atoms with Crippen molar-refractivity contribution in [1.82, 2.24) is 9.47 Å². The van der Waals surface area contributed by atoms with E-state index in [0.717, 1.165) is 42.3 Å². The monoisotopic (exact) mass is 539 g/mol. The lowest BCUT2D eigenvalue weighted by Crippen LogP contribution is -2.29. The average Bonchev–Trinajstić information content (AvgIpc) is 3.56. The first-order chi connectivity index (χ1) is 17.4. The fraction of sp³-hybridized carbons (Fsp3) is 0.577. The Morgan fingerprint density at radius 2 is 2.03 bits per heavy atom. The summed E-state index contributed by atoms with van der Waals surface area (Å²) in [7, 11) is 0. The molecule has 1 atom stereocenters. The van der Waals surface area contributed by atoms with Crippen LogP contribution in [-0.4, -0.2) is 53.7 Å². The van der Waals surface area contributed by atoms with Crippen molar-refractivity contribution in [3.63, 3.8) is 0 Å². The maximum Gasteiger partial charge on any atom is 0.416 e. The Hall–Kier alpha value is -2.66. The zero-order valence-electron chi connectivity index (χ0n) is 21.3. The zero-order valence-corrected chi connectivity index (χ0v) is 22.1. The molecule has 0 N–H and O–H groups in total. The van der Waals surface area contributed by atoms with E-state index >= 15 is 0 Å². The Labute approximate surface area is 217 Å². The van der Waals surface area contributed by atoms with E-state index in [2.05, 4.69) is 4.99 Å². The van der Waals surface area contributed by atoms with Crippen LogP contribution in [0.15, 0.2) is 29.4 Å². The molecule has 2 aliphatic heterocycles. The molecule has 0 unspecified atom stereocenters. The van der Waals surface area contributed by atoms with Crippen LogP contribution in [0.4, 0.5) is 13.2 Å². The van der Waals surface area contributed by atoms with Crippen molar-refractivity contribution in [1.29, 1.82) is 0 Å². The number of benzene rings is 1. The summed E-state index contributed by atoms with van der Waals surface area (Å²) in [6, 6.07) is 2.81. The van der Waals surface area contributed by atoms with Gasteiger partial charge in [0.1, 0.15) is 12.4 Å². The summed E-state index contributed by atoms with van der Waals surface area (Å²) in [6.45, 7) is 8.31. The lowest BCUT2D eigenvalue weighted by atomic mass is 9.95. The number of amides is 2. The minimum atomic E-state index is -4.63. The van der Waals surface area contributed by atoms with Gasteiger partial charge in [0, 0.05) is 30.6 Å². The zero-order chi connectivity index (χ0) is 26.8. The number of likely N-dealkylation sites (tertiary alicyclic amines) is 1. The van der Waals surface area contributed by atoms with Gasteiger partial charge in [0.15, 0.2) is 4.80 Å². The smallest absolute Gasteiger partial charge is 0.416 e. The van der Waals surface area contributed by atoms with Crippen molar-refractivity contribution in [3.8, 4) is 5.75 Å². The van der Waals surface area contributed by atoms with E-state index in [-0.39, 0.29) is 35.3 Å². The molecular weight excluding hydrogens is 507 g/mol. The molecule has 2 aromatic rings. The van der Waals surface area contributed by atoms with Crippen LogP contribution in [0.2, 0.25) is 0 Å². The summed E-state index contributed by atoms with van der Waals surface area (Å²) in [6.07, 6.45) is 0.411. The van der Waals surface area contributed by atoms with Crippen LogP contribution in [0.25, 0.3) is 0 Å². The van der Waals surface area contributed by atoms with Crippen LogP contribution in [-0.2, 0) is 27.7 Å². The third-order valence-corrected chi connectivity index (χ3v) is 7.85. The Bertz CT molecular complexity index is 1210. The Morgan fingerprint density at radius 1 is 1.24 bits per heavy atom. The van der Waals surface area contributed by atoms with Crippen LogP contribution in [0, 0.1) is 0 Å². The molecule has 0 radical (unpaired) electrons. The molecule has 1 aromatic heterocycles. The maximum absolute atomic E-state index is 13.5. The van der Waals surface area contributed by atoms with E-state index in [1.807, 2.05) is 31.5 Å². The van der Waals surface area contributed by atoms with Gasteiger partial charge in [-0.1, -0.05) is 20.8 Å². The van der Waals surface area contributed by atoms with E-state index in [1.165, 1.54) is 11.3 Å². The molecule has 0 bridgehead atoms. The highest BCUT2D eigenvalue weighted by atomic mass is 32.1. The Morgan fingerprint density at radius 3 is 2.65 bits per heavy atom. The predicted octanol–water partition coefficient (Wildman–Crippen LogP) is 4.79. The summed E-state index contributed by atoms with van der Waals surface area (Å²) in [5.41, 5.74) is -1.42. The maximum atomic E-state index is 13.5. The van der Waals surface area contributed by atoms with Crippen LogP contribution in [0.5, 0.6) is 5.75 Å². The number of halogens is 3. The number of alkyl halides is 3. The average molecular weight is 540 g/mol. The highest BCUT2D eigenvalue weighted by Crippen LogP contribution is 2.33. The van der Waals surface area contributed by atoms with Crippen molar-refractivity contribution >= 4 is 23.2 Å². The van der Waals surface area contributed by atoms with E-state index in [1.54, 1.807) is 4.90 Å². The molecule has 37 heavy (non-hydrogen) atoms. The van der Waals surface area contributed by atoms with E-state index in [0.29, 0.717) is 37.5 Å². The van der Waals surface area contributed by atoms with Gasteiger partial charge in [-0.25, -0.2) is 0 Å². The fourth-order valence-corrected chi connectivity index (χ4v) is 5.36. The number of carbonyl (C=O) groups is 2. The molecule has 2 saturated heterocycles. The Kier molecular flexibility index (Phi) is 8.13. The van der Waals surface area contributed by atoms with Gasteiger partial charge in [-0.2, -0.15) is 18.2 Å². The highest BCUT2D eigenvalue weighted by molar-refractivity contribution is 7.09. The number of hydrogen-bond acceptors (Lipinski definition) is 5. The molecule has 2 amide bonds. The molecule has 1 aromatic carbocycles. The molecular formula is C26H32F3N3O4S. The van der Waals surface area contributed by atoms with Crippen molar-refractivity contribution in [2.75, 3.05) is 26.3 Å². The van der Waals surface area contributed by atoms with Gasteiger partial charge >= 0.3 is 6.18 Å². The number of aromatic nitrogens is 1. The van der Waals surface area contributed by atoms with E-state index in [4.69, 9.17) is 9.47 Å². The summed E-state index contributed by atoms with van der Waals surface area (Å²) in [5.74, 6) is -0.793. The number of nitrogens with zero attached hydrogens (tertiary/aromatic N) is 3. The lowest BCUT2D eigenvalue weighted by molar-refractivity contribution is -0.137. The second-order valence-electron chi connectivity index (χ2n) is 10.4. The largest absolute Gasteiger partial charge is 0.491 e. The number of thiazole rings is 1. The topological polar surface area (TPSA) is 73.1 Å². The normalized spacial score (nSPS) is 19.2. The second-order valence-corrected chi connectivity index (χ2v) is 11.4. The SMILES string of the molecule is CC(C)(C)c1cn(C[C@H]2CCCO2)/c(=N/C(=O)c2cc(C(F)(F)F)ccc2OCCN2CCCC2=O)s1. The highest BCUT2D eigenvalue weighted by Gasteiger charge is 2.32. The summed E-state index contributed by atoms with van der Waals surface area (Å²) >= 11 is 1.34. The molecule has 2 fully saturated rings. The molecule has 7 nitrogen and oxygen atoms in total. The molecule has 4 rings (SSSR count). The molecule has 3 heterocycles. The Balaban J connectivity index is 1.65. The van der Waals surface area contributed by atoms with Crippen LogP contribution < -0.4 is 9.54 Å². The van der Waals surface area contributed by atoms with Gasteiger partial charge in [-0.15, -0.1) is 11.3 Å². The minimum Gasteiger partial charge on any atom is -0.491 e. The minimum absolute atomic E-state index is 0.00257. The lowest BCUT2D eigenvalue weighted by Gasteiger charge is -2.17. The fourth-order valence-electron chi connectivity index (χ4n) is 4.31. The number of carbonyl (C=O) groups excluding carboxylic acids is 2. The summed E-state index contributed by atoms with van der Waals surface area (Å²) in [4.78, 5) is 32.5. The molecule has 0 spiro atoms. The molecule has 0 saturated carbocycles. The van der Waals surface area contributed by atoms with Crippen LogP contribution in [0.1, 0.15) is 67.3 Å². The van der Waals surface area contributed by atoms with Crippen molar-refractivity contribution in [3.05, 3.63) is 45.2 Å². The molecule has 2 aliphatic rings. The van der Waals surface area contributed by atoms with E-state index < -0.39 is 17.6 Å². The van der Waals surface area contributed by atoms with Gasteiger partial charge in [-0.3, -0.25) is 9.59 Å². The standard InChI is InChI=1S/C26H32F3N3O4S/c1-25(2,3)21-16-32(15-18-6-5-12-35-18)24(37-21)30-23(34)19-14-17(26(27,28)29)8-9-20(19)36-13-11-31-10-4-7-22(31)33/h8-9,14,16,18H,4-7,10-13,15H2,1-3H3/b30-24-/t18-/m1/s1. The van der Waals surface area contributed by atoms with Crippen molar-refractivity contribution in [2.24, 2.45) is 4.99 Å². The third kappa shape index (κ3) is 6.81. The van der Waals surface area contributed by atoms with Gasteiger partial charge in [0.25, 0.3) is 5.91 Å². The molecule has 202 valence electrons. The third-order valence-electron chi connectivity index (χ3n) is 6.41. The predicted molar refractivity (Wildman–Crippen MR) is 133 cm³/mol. The second kappa shape index (κ2) is 11.0. The van der Waals surface area contributed by atoms with Crippen LogP contribution in [0.3, 0.4) is 0 Å². The molecule has 0 aliphatic carbocycles. The first-order valence-corrected chi connectivity index (χ1v) is 13.3. The van der Waals surface area contributed by atoms with Crippen molar-refractivity contribution < 1.29 is 32.2 Å².